The second-order valence-electron chi connectivity index (χ2n) is 4.27. The molecule has 0 saturated heterocycles. The van der Waals surface area contributed by atoms with Gasteiger partial charge < -0.3 is 10.8 Å². The van der Waals surface area contributed by atoms with Crippen molar-refractivity contribution in [1.82, 2.24) is 0 Å². The van der Waals surface area contributed by atoms with E-state index in [1.54, 1.807) is 11.3 Å². The summed E-state index contributed by atoms with van der Waals surface area (Å²) in [5.74, 6) is 0. The van der Waals surface area contributed by atoms with Crippen LogP contribution in [0.5, 0.6) is 0 Å². The summed E-state index contributed by atoms with van der Waals surface area (Å²) in [6, 6.07) is 9.80. The van der Waals surface area contributed by atoms with Crippen molar-refractivity contribution in [1.29, 1.82) is 0 Å². The van der Waals surface area contributed by atoms with Crippen molar-refractivity contribution in [3.63, 3.8) is 0 Å². The number of benzene rings is 1. The summed E-state index contributed by atoms with van der Waals surface area (Å²) in [5.41, 5.74) is 8.16. The van der Waals surface area contributed by atoms with E-state index in [2.05, 4.69) is 0 Å². The third-order valence-corrected chi connectivity index (χ3v) is 4.00. The molecule has 16 heavy (non-hydrogen) atoms. The summed E-state index contributed by atoms with van der Waals surface area (Å²) in [7, 11) is 0. The van der Waals surface area contributed by atoms with E-state index in [1.807, 2.05) is 41.1 Å². The van der Waals surface area contributed by atoms with Gasteiger partial charge in [0, 0.05) is 12.5 Å². The second-order valence-corrected chi connectivity index (χ2v) is 5.05. The summed E-state index contributed by atoms with van der Waals surface area (Å²) in [5, 5.41) is 14.8. The molecule has 0 radical (unpaired) electrons. The Labute approximate surface area is 98.4 Å². The quantitative estimate of drug-likeness (QED) is 0.791. The van der Waals surface area contributed by atoms with Gasteiger partial charge in [0.05, 0.1) is 0 Å². The maximum Gasteiger partial charge on any atom is 0.118 e. The lowest BCUT2D eigenvalue weighted by Crippen LogP contribution is -2.24. The molecule has 3 heteroatoms. The van der Waals surface area contributed by atoms with Gasteiger partial charge in [-0.2, -0.15) is 11.3 Å². The normalized spacial score (nSPS) is 28.0. The van der Waals surface area contributed by atoms with Crippen LogP contribution in [0, 0.1) is 0 Å². The van der Waals surface area contributed by atoms with E-state index in [9.17, 15) is 5.11 Å². The van der Waals surface area contributed by atoms with Gasteiger partial charge in [-0.25, -0.2) is 0 Å². The number of hydrogen-bond acceptors (Lipinski definition) is 3. The fourth-order valence-electron chi connectivity index (χ4n) is 2.51. The molecule has 3 rings (SSSR count). The highest BCUT2D eigenvalue weighted by Gasteiger charge is 2.42. The number of hydrogen-bond donors (Lipinski definition) is 2. The zero-order chi connectivity index (χ0) is 11.2. The molecule has 0 aliphatic heterocycles. The molecule has 0 saturated carbocycles. The van der Waals surface area contributed by atoms with Crippen molar-refractivity contribution in [2.24, 2.45) is 5.73 Å². The van der Waals surface area contributed by atoms with Crippen LogP contribution in [0.1, 0.15) is 29.2 Å². The molecule has 2 unspecified atom stereocenters. The largest absolute Gasteiger partial charge is 0.380 e. The third kappa shape index (κ3) is 1.26. The van der Waals surface area contributed by atoms with Crippen LogP contribution in [-0.4, -0.2) is 5.11 Å². The standard InChI is InChI=1S/C13H13NOS/c14-12-7-13(15,9-5-6-16-8-9)11-4-2-1-3-10(11)12/h1-6,8,12,15H,7,14H2. The van der Waals surface area contributed by atoms with E-state index in [1.165, 1.54) is 0 Å². The molecule has 1 aromatic heterocycles. The van der Waals surface area contributed by atoms with Crippen LogP contribution in [0.3, 0.4) is 0 Å². The van der Waals surface area contributed by atoms with E-state index in [0.717, 1.165) is 16.7 Å². The lowest BCUT2D eigenvalue weighted by atomic mass is 9.90. The van der Waals surface area contributed by atoms with Gasteiger partial charge in [-0.1, -0.05) is 24.3 Å². The second kappa shape index (κ2) is 3.42. The van der Waals surface area contributed by atoms with Crippen LogP contribution in [0.15, 0.2) is 41.1 Å². The first-order valence-electron chi connectivity index (χ1n) is 5.32. The topological polar surface area (TPSA) is 46.2 Å². The summed E-state index contributed by atoms with van der Waals surface area (Å²) in [6.07, 6.45) is 0.572. The molecular formula is C13H13NOS. The zero-order valence-electron chi connectivity index (χ0n) is 8.76. The molecule has 82 valence electrons. The molecule has 1 aliphatic carbocycles. The Balaban J connectivity index is 2.19. The predicted molar refractivity (Wildman–Crippen MR) is 65.3 cm³/mol. The fraction of sp³-hybridized carbons (Fsp3) is 0.231. The van der Waals surface area contributed by atoms with E-state index in [-0.39, 0.29) is 6.04 Å². The Morgan fingerprint density at radius 2 is 2.12 bits per heavy atom. The lowest BCUT2D eigenvalue weighted by molar-refractivity contribution is 0.0781. The first-order valence-corrected chi connectivity index (χ1v) is 6.26. The van der Waals surface area contributed by atoms with Crippen molar-refractivity contribution in [2.75, 3.05) is 0 Å². The molecule has 2 aromatic rings. The summed E-state index contributed by atoms with van der Waals surface area (Å²) in [6.45, 7) is 0. The number of nitrogens with two attached hydrogens (primary N) is 1. The Morgan fingerprint density at radius 1 is 1.31 bits per heavy atom. The molecule has 0 fully saturated rings. The fourth-order valence-corrected chi connectivity index (χ4v) is 3.23. The number of rotatable bonds is 1. The zero-order valence-corrected chi connectivity index (χ0v) is 9.58. The average molecular weight is 231 g/mol. The summed E-state index contributed by atoms with van der Waals surface area (Å²) >= 11 is 1.60. The first kappa shape index (κ1) is 10.0. The minimum atomic E-state index is -0.893. The Bertz CT molecular complexity index is 508. The maximum atomic E-state index is 10.8. The molecule has 3 N–H and O–H groups in total. The van der Waals surface area contributed by atoms with E-state index in [0.29, 0.717) is 6.42 Å². The molecule has 0 spiro atoms. The third-order valence-electron chi connectivity index (χ3n) is 3.32. The highest BCUT2D eigenvalue weighted by molar-refractivity contribution is 7.08. The molecule has 0 bridgehead atoms. The lowest BCUT2D eigenvalue weighted by Gasteiger charge is -2.23. The van der Waals surface area contributed by atoms with Crippen molar-refractivity contribution < 1.29 is 5.11 Å². The van der Waals surface area contributed by atoms with Crippen LogP contribution in [0.25, 0.3) is 0 Å². The Hall–Kier alpha value is -1.16. The van der Waals surface area contributed by atoms with Crippen LogP contribution >= 0.6 is 11.3 Å². The number of aliphatic hydroxyl groups is 1. The van der Waals surface area contributed by atoms with Gasteiger partial charge >= 0.3 is 0 Å². The molecular weight excluding hydrogens is 218 g/mol. The van der Waals surface area contributed by atoms with Gasteiger partial charge in [-0.05, 0) is 33.5 Å². The van der Waals surface area contributed by atoms with Gasteiger partial charge in [0.2, 0.25) is 0 Å². The SMILES string of the molecule is NC1CC(O)(c2ccsc2)c2ccccc21. The van der Waals surface area contributed by atoms with Gasteiger partial charge in [-0.15, -0.1) is 0 Å². The van der Waals surface area contributed by atoms with Crippen molar-refractivity contribution in [3.05, 3.63) is 57.8 Å². The highest BCUT2D eigenvalue weighted by Crippen LogP contribution is 2.46. The molecule has 2 atom stereocenters. The average Bonchev–Trinajstić information content (AvgIpc) is 2.89. The van der Waals surface area contributed by atoms with Gasteiger partial charge in [0.25, 0.3) is 0 Å². The molecule has 1 heterocycles. The highest BCUT2D eigenvalue weighted by atomic mass is 32.1. The first-order chi connectivity index (χ1) is 7.72. The molecule has 1 aliphatic rings. The van der Waals surface area contributed by atoms with Gasteiger partial charge in [0.15, 0.2) is 0 Å². The Morgan fingerprint density at radius 3 is 2.88 bits per heavy atom. The van der Waals surface area contributed by atoms with Gasteiger partial charge in [0.1, 0.15) is 5.60 Å². The van der Waals surface area contributed by atoms with E-state index < -0.39 is 5.60 Å². The molecule has 0 amide bonds. The van der Waals surface area contributed by atoms with Crippen molar-refractivity contribution >= 4 is 11.3 Å². The van der Waals surface area contributed by atoms with Crippen LogP contribution < -0.4 is 5.73 Å². The molecule has 2 nitrogen and oxygen atoms in total. The minimum absolute atomic E-state index is 0.0684. The van der Waals surface area contributed by atoms with Crippen LogP contribution in [0.4, 0.5) is 0 Å². The van der Waals surface area contributed by atoms with Crippen molar-refractivity contribution in [2.45, 2.75) is 18.1 Å². The summed E-state index contributed by atoms with van der Waals surface area (Å²) < 4.78 is 0. The van der Waals surface area contributed by atoms with E-state index >= 15 is 0 Å². The maximum absolute atomic E-state index is 10.8. The number of fused-ring (bicyclic) bond motifs is 1. The van der Waals surface area contributed by atoms with Crippen molar-refractivity contribution in [3.8, 4) is 0 Å². The number of thiophene rings is 1. The molecule has 1 aromatic carbocycles. The van der Waals surface area contributed by atoms with Gasteiger partial charge in [-0.3, -0.25) is 0 Å². The minimum Gasteiger partial charge on any atom is -0.380 e. The van der Waals surface area contributed by atoms with Crippen LogP contribution in [0.2, 0.25) is 0 Å². The van der Waals surface area contributed by atoms with E-state index in [4.69, 9.17) is 5.73 Å². The monoisotopic (exact) mass is 231 g/mol. The summed E-state index contributed by atoms with van der Waals surface area (Å²) in [4.78, 5) is 0. The smallest absolute Gasteiger partial charge is 0.118 e. The van der Waals surface area contributed by atoms with Crippen LogP contribution in [-0.2, 0) is 5.60 Å². The predicted octanol–water partition coefficient (Wildman–Crippen LogP) is 2.39. The Kier molecular flexibility index (Phi) is 2.14.